The van der Waals surface area contributed by atoms with Gasteiger partial charge in [0.15, 0.2) is 5.78 Å². The van der Waals surface area contributed by atoms with Crippen molar-refractivity contribution >= 4 is 16.7 Å². The Labute approximate surface area is 188 Å². The maximum Gasteiger partial charge on any atom is 0.159 e. The lowest BCUT2D eigenvalue weighted by atomic mass is 9.84. The Morgan fingerprint density at radius 2 is 1.94 bits per heavy atom. The summed E-state index contributed by atoms with van der Waals surface area (Å²) in [4.78, 5) is 18.0. The first kappa shape index (κ1) is 22.4. The van der Waals surface area contributed by atoms with E-state index in [-0.39, 0.29) is 5.78 Å². The van der Waals surface area contributed by atoms with Gasteiger partial charge in [-0.3, -0.25) is 14.7 Å². The van der Waals surface area contributed by atoms with E-state index in [1.807, 2.05) is 48.2 Å². The molecular formula is C26H30N2O4. The van der Waals surface area contributed by atoms with Crippen LogP contribution in [0.3, 0.4) is 0 Å². The van der Waals surface area contributed by atoms with Crippen molar-refractivity contribution in [2.75, 3.05) is 19.7 Å². The molecule has 0 radical (unpaired) electrons. The Bertz CT molecular complexity index is 1110. The number of carbonyl (C=O) groups is 1. The fourth-order valence-electron chi connectivity index (χ4n) is 4.29. The van der Waals surface area contributed by atoms with E-state index < -0.39 is 11.8 Å². The number of Topliss-reactive ketones (excluding diaryl/α,β-unsaturated/α-hetero) is 1. The third-order valence-corrected chi connectivity index (χ3v) is 6.39. The van der Waals surface area contributed by atoms with Crippen molar-refractivity contribution in [2.45, 2.75) is 44.9 Å². The van der Waals surface area contributed by atoms with Crippen LogP contribution in [0.2, 0.25) is 0 Å². The number of nitrogens with zero attached hydrogens (tertiary/aromatic N) is 2. The number of rotatable bonds is 7. The van der Waals surface area contributed by atoms with Gasteiger partial charge in [0.2, 0.25) is 0 Å². The monoisotopic (exact) mass is 434 g/mol. The van der Waals surface area contributed by atoms with Crippen LogP contribution in [0.15, 0.2) is 54.7 Å². The molecule has 168 valence electrons. The third-order valence-electron chi connectivity index (χ3n) is 6.39. The van der Waals surface area contributed by atoms with E-state index >= 15 is 0 Å². The zero-order chi connectivity index (χ0) is 22.7. The van der Waals surface area contributed by atoms with Crippen LogP contribution in [0.25, 0.3) is 10.9 Å². The van der Waals surface area contributed by atoms with Crippen LogP contribution in [0, 0.1) is 6.92 Å². The zero-order valence-corrected chi connectivity index (χ0v) is 18.6. The van der Waals surface area contributed by atoms with Crippen LogP contribution in [0.5, 0.6) is 5.75 Å². The number of likely N-dealkylation sites (tertiary alicyclic amines) is 1. The summed E-state index contributed by atoms with van der Waals surface area (Å²) < 4.78 is 5.83. The summed E-state index contributed by atoms with van der Waals surface area (Å²) in [7, 11) is 0. The average Bonchev–Trinajstić information content (AvgIpc) is 2.80. The minimum absolute atomic E-state index is 0.0274. The second-order valence-electron chi connectivity index (χ2n) is 8.64. The first-order chi connectivity index (χ1) is 15.4. The van der Waals surface area contributed by atoms with Crippen molar-refractivity contribution in [2.24, 2.45) is 0 Å². The number of aliphatic hydroxyl groups is 2. The Morgan fingerprint density at radius 1 is 1.19 bits per heavy atom. The lowest BCUT2D eigenvalue weighted by Crippen LogP contribution is -2.47. The van der Waals surface area contributed by atoms with Crippen molar-refractivity contribution < 1.29 is 19.7 Å². The number of benzene rings is 2. The van der Waals surface area contributed by atoms with Gasteiger partial charge in [-0.05, 0) is 62.6 Å². The predicted molar refractivity (Wildman–Crippen MR) is 124 cm³/mol. The number of pyridine rings is 1. The van der Waals surface area contributed by atoms with E-state index in [0.29, 0.717) is 44.5 Å². The van der Waals surface area contributed by atoms with Gasteiger partial charge in [0, 0.05) is 42.2 Å². The summed E-state index contributed by atoms with van der Waals surface area (Å²) in [5.41, 5.74) is 2.38. The highest BCUT2D eigenvalue weighted by Crippen LogP contribution is 2.34. The normalized spacial score (nSPS) is 17.2. The Morgan fingerprint density at radius 3 is 2.66 bits per heavy atom. The lowest BCUT2D eigenvalue weighted by molar-refractivity contribution is -0.0819. The number of aliphatic hydroxyl groups excluding tert-OH is 1. The number of piperidine rings is 1. The first-order valence-corrected chi connectivity index (χ1v) is 11.1. The van der Waals surface area contributed by atoms with Crippen LogP contribution in [-0.2, 0) is 5.60 Å². The van der Waals surface area contributed by atoms with Gasteiger partial charge < -0.3 is 14.9 Å². The van der Waals surface area contributed by atoms with Crippen molar-refractivity contribution in [1.29, 1.82) is 0 Å². The van der Waals surface area contributed by atoms with Crippen LogP contribution in [0.1, 0.15) is 47.7 Å². The second kappa shape index (κ2) is 9.36. The molecule has 0 saturated carbocycles. The second-order valence-corrected chi connectivity index (χ2v) is 8.64. The molecular weight excluding hydrogens is 404 g/mol. The topological polar surface area (TPSA) is 82.9 Å². The van der Waals surface area contributed by atoms with Gasteiger partial charge in [-0.25, -0.2) is 0 Å². The SMILES string of the molecule is CC(=O)c1ccc(OCCC(O)N2CCC(O)(c3cnc4ccccc4c3)CC2)c(C)c1. The van der Waals surface area contributed by atoms with E-state index in [0.717, 1.165) is 27.8 Å². The fourth-order valence-corrected chi connectivity index (χ4v) is 4.29. The number of carbonyl (C=O) groups excluding carboxylic acids is 1. The molecule has 1 aliphatic rings. The van der Waals surface area contributed by atoms with Gasteiger partial charge in [-0.1, -0.05) is 18.2 Å². The van der Waals surface area contributed by atoms with Crippen molar-refractivity contribution in [3.05, 3.63) is 71.4 Å². The average molecular weight is 435 g/mol. The van der Waals surface area contributed by atoms with E-state index in [1.165, 1.54) is 0 Å². The van der Waals surface area contributed by atoms with Gasteiger partial charge in [0.05, 0.1) is 17.7 Å². The van der Waals surface area contributed by atoms with Crippen LogP contribution >= 0.6 is 0 Å². The van der Waals surface area contributed by atoms with Crippen LogP contribution in [0.4, 0.5) is 0 Å². The van der Waals surface area contributed by atoms with Gasteiger partial charge in [0.1, 0.15) is 12.0 Å². The minimum Gasteiger partial charge on any atom is -0.493 e. The molecule has 0 bridgehead atoms. The molecule has 1 aliphatic heterocycles. The van der Waals surface area contributed by atoms with Crippen molar-refractivity contribution in [1.82, 2.24) is 9.88 Å². The first-order valence-electron chi connectivity index (χ1n) is 11.1. The Balaban J connectivity index is 1.30. The van der Waals surface area contributed by atoms with Crippen LogP contribution in [-0.4, -0.2) is 51.8 Å². The number of aryl methyl sites for hydroxylation is 1. The molecule has 3 aromatic rings. The molecule has 0 spiro atoms. The molecule has 2 N–H and O–H groups in total. The smallest absolute Gasteiger partial charge is 0.159 e. The summed E-state index contributed by atoms with van der Waals surface area (Å²) in [5, 5.41) is 22.9. The molecule has 1 fully saturated rings. The van der Waals surface area contributed by atoms with Gasteiger partial charge in [-0.2, -0.15) is 0 Å². The fraction of sp³-hybridized carbons (Fsp3) is 0.385. The largest absolute Gasteiger partial charge is 0.493 e. The Hall–Kier alpha value is -2.80. The number of ketones is 1. The molecule has 1 unspecified atom stereocenters. The Kier molecular flexibility index (Phi) is 6.55. The highest BCUT2D eigenvalue weighted by atomic mass is 16.5. The quantitative estimate of drug-likeness (QED) is 0.550. The molecule has 0 amide bonds. The van der Waals surface area contributed by atoms with Gasteiger partial charge in [0.25, 0.3) is 0 Å². The summed E-state index contributed by atoms with van der Waals surface area (Å²) >= 11 is 0. The molecule has 1 aromatic heterocycles. The summed E-state index contributed by atoms with van der Waals surface area (Å²) in [5.74, 6) is 0.749. The minimum atomic E-state index is -0.931. The van der Waals surface area contributed by atoms with Gasteiger partial charge >= 0.3 is 0 Å². The summed E-state index contributed by atoms with van der Waals surface area (Å²) in [6.45, 7) is 5.01. The van der Waals surface area contributed by atoms with E-state index in [2.05, 4.69) is 4.98 Å². The lowest BCUT2D eigenvalue weighted by Gasteiger charge is -2.40. The number of para-hydroxylation sites is 1. The maximum atomic E-state index is 11.5. The molecule has 2 heterocycles. The van der Waals surface area contributed by atoms with Crippen LogP contribution < -0.4 is 4.74 Å². The predicted octanol–water partition coefficient (Wildman–Crippen LogP) is 3.82. The molecule has 1 atom stereocenters. The zero-order valence-electron chi connectivity index (χ0n) is 18.6. The van der Waals surface area contributed by atoms with Gasteiger partial charge in [-0.15, -0.1) is 0 Å². The molecule has 1 saturated heterocycles. The molecule has 6 heteroatoms. The molecule has 4 rings (SSSR count). The van der Waals surface area contributed by atoms with E-state index in [1.54, 1.807) is 25.3 Å². The molecule has 6 nitrogen and oxygen atoms in total. The highest BCUT2D eigenvalue weighted by molar-refractivity contribution is 5.94. The maximum absolute atomic E-state index is 11.5. The number of aromatic nitrogens is 1. The molecule has 0 aliphatic carbocycles. The third kappa shape index (κ3) is 4.83. The molecule has 2 aromatic carbocycles. The van der Waals surface area contributed by atoms with E-state index in [4.69, 9.17) is 4.74 Å². The number of hydrogen-bond donors (Lipinski definition) is 2. The van der Waals surface area contributed by atoms with Crippen molar-refractivity contribution in [3.63, 3.8) is 0 Å². The molecule has 32 heavy (non-hydrogen) atoms. The highest BCUT2D eigenvalue weighted by Gasteiger charge is 2.36. The summed E-state index contributed by atoms with van der Waals surface area (Å²) in [6.07, 6.45) is 2.67. The standard InChI is InChI=1S/C26H30N2O4/c1-18-15-20(19(2)29)7-8-24(18)32-14-9-25(30)28-12-10-26(31,11-13-28)22-16-21-5-3-4-6-23(21)27-17-22/h3-8,15-17,25,30-31H,9-14H2,1-2H3. The number of hydrogen-bond acceptors (Lipinski definition) is 6. The van der Waals surface area contributed by atoms with E-state index in [9.17, 15) is 15.0 Å². The number of ether oxygens (including phenoxy) is 1. The number of fused-ring (bicyclic) bond motifs is 1. The summed E-state index contributed by atoms with van der Waals surface area (Å²) in [6, 6.07) is 15.3. The van der Waals surface area contributed by atoms with Crippen molar-refractivity contribution in [3.8, 4) is 5.75 Å².